The van der Waals surface area contributed by atoms with Crippen molar-refractivity contribution in [1.82, 2.24) is 9.47 Å². The highest BCUT2D eigenvalue weighted by Gasteiger charge is 2.37. The Morgan fingerprint density at radius 2 is 1.90 bits per heavy atom. The molecule has 0 unspecified atom stereocenters. The summed E-state index contributed by atoms with van der Waals surface area (Å²) in [5, 5.41) is 1.38. The van der Waals surface area contributed by atoms with Crippen LogP contribution < -0.4 is 4.74 Å². The number of rotatable bonds is 10. The molecule has 2 aliphatic heterocycles. The van der Waals surface area contributed by atoms with Gasteiger partial charge in [-0.2, -0.15) is 0 Å². The Morgan fingerprint density at radius 3 is 2.65 bits per heavy atom. The number of hydrogen-bond donors (Lipinski definition) is 0. The van der Waals surface area contributed by atoms with E-state index in [1.807, 2.05) is 0 Å². The Balaban J connectivity index is 1.41. The zero-order chi connectivity index (χ0) is 21.5. The van der Waals surface area contributed by atoms with E-state index in [0.717, 1.165) is 51.4 Å². The predicted octanol–water partition coefficient (Wildman–Crippen LogP) is 6.46. The van der Waals surface area contributed by atoms with Crippen molar-refractivity contribution in [3.05, 3.63) is 30.0 Å². The maximum Gasteiger partial charge on any atom is 0.120 e. The van der Waals surface area contributed by atoms with Crippen LogP contribution >= 0.6 is 11.8 Å². The minimum absolute atomic E-state index is 0.105. The molecule has 0 bridgehead atoms. The van der Waals surface area contributed by atoms with Crippen LogP contribution in [0.2, 0.25) is 0 Å². The van der Waals surface area contributed by atoms with Crippen molar-refractivity contribution < 1.29 is 9.47 Å². The van der Waals surface area contributed by atoms with E-state index < -0.39 is 0 Å². The number of nitrogens with zero attached hydrogens (tertiary/aromatic N) is 2. The average molecular weight is 445 g/mol. The highest BCUT2D eigenvalue weighted by atomic mass is 32.2. The van der Waals surface area contributed by atoms with Gasteiger partial charge in [-0.3, -0.25) is 4.90 Å². The van der Waals surface area contributed by atoms with Gasteiger partial charge in [-0.05, 0) is 49.1 Å². The van der Waals surface area contributed by atoms with Gasteiger partial charge in [0.1, 0.15) is 10.7 Å². The molecule has 1 spiro atoms. The number of aryl methyl sites for hydroxylation is 1. The fourth-order valence-electron chi connectivity index (χ4n) is 5.05. The van der Waals surface area contributed by atoms with Crippen molar-refractivity contribution in [3.63, 3.8) is 0 Å². The molecule has 4 rings (SSSR count). The number of unbranched alkanes of at least 4 members (excludes halogenated alkanes) is 5. The van der Waals surface area contributed by atoms with Crippen LogP contribution in [0.1, 0.15) is 70.3 Å². The molecule has 3 heterocycles. The number of aromatic nitrogens is 1. The first kappa shape index (κ1) is 23.0. The van der Waals surface area contributed by atoms with Crippen LogP contribution in [0.25, 0.3) is 10.9 Å². The molecule has 2 fully saturated rings. The maximum atomic E-state index is 6.20. The molecule has 4 nitrogen and oxygen atoms in total. The van der Waals surface area contributed by atoms with E-state index in [-0.39, 0.29) is 4.93 Å². The van der Waals surface area contributed by atoms with Crippen LogP contribution in [0.5, 0.6) is 5.75 Å². The molecular formula is C26H40N2O2S. The quantitative estimate of drug-likeness (QED) is 0.393. The number of likely N-dealkylation sites (tertiary alicyclic amines) is 1. The fourth-order valence-corrected chi connectivity index (χ4v) is 6.32. The molecule has 1 aromatic carbocycles. The van der Waals surface area contributed by atoms with Crippen LogP contribution in [0, 0.1) is 0 Å². The van der Waals surface area contributed by atoms with E-state index >= 15 is 0 Å². The summed E-state index contributed by atoms with van der Waals surface area (Å²) in [5.41, 5.74) is 2.78. The molecule has 0 saturated carbocycles. The van der Waals surface area contributed by atoms with Gasteiger partial charge in [0.15, 0.2) is 0 Å². The van der Waals surface area contributed by atoms with E-state index in [2.05, 4.69) is 52.5 Å². The van der Waals surface area contributed by atoms with Gasteiger partial charge >= 0.3 is 0 Å². The summed E-state index contributed by atoms with van der Waals surface area (Å²) < 4.78 is 14.2. The summed E-state index contributed by atoms with van der Waals surface area (Å²) in [6.07, 6.45) is 13.9. The first-order valence-corrected chi connectivity index (χ1v) is 13.4. The number of fused-ring (bicyclic) bond motifs is 1. The van der Waals surface area contributed by atoms with E-state index in [1.165, 1.54) is 67.2 Å². The van der Waals surface area contributed by atoms with Gasteiger partial charge in [0.25, 0.3) is 0 Å². The lowest BCUT2D eigenvalue weighted by molar-refractivity contribution is -0.0248. The number of benzene rings is 1. The third kappa shape index (κ3) is 5.80. The van der Waals surface area contributed by atoms with Gasteiger partial charge < -0.3 is 14.0 Å². The van der Waals surface area contributed by atoms with Gasteiger partial charge in [0.05, 0.1) is 12.6 Å². The second-order valence-electron chi connectivity index (χ2n) is 9.24. The van der Waals surface area contributed by atoms with Crippen molar-refractivity contribution in [3.8, 4) is 5.75 Å². The van der Waals surface area contributed by atoms with Crippen molar-refractivity contribution >= 4 is 22.7 Å². The highest BCUT2D eigenvalue weighted by molar-refractivity contribution is 8.00. The lowest BCUT2D eigenvalue weighted by Gasteiger charge is -2.43. The monoisotopic (exact) mass is 444 g/mol. The largest absolute Gasteiger partial charge is 0.497 e. The molecule has 2 aliphatic rings. The summed E-state index contributed by atoms with van der Waals surface area (Å²) in [6, 6.07) is 6.58. The van der Waals surface area contributed by atoms with Gasteiger partial charge in [0.2, 0.25) is 0 Å². The molecule has 0 aliphatic carbocycles. The smallest absolute Gasteiger partial charge is 0.120 e. The van der Waals surface area contributed by atoms with Crippen molar-refractivity contribution in [1.29, 1.82) is 0 Å². The molecule has 0 amide bonds. The van der Waals surface area contributed by atoms with Crippen molar-refractivity contribution in [2.24, 2.45) is 0 Å². The second-order valence-corrected chi connectivity index (χ2v) is 10.7. The molecule has 31 heavy (non-hydrogen) atoms. The third-order valence-corrected chi connectivity index (χ3v) is 8.50. The molecule has 172 valence electrons. The van der Waals surface area contributed by atoms with E-state index in [9.17, 15) is 0 Å². The van der Waals surface area contributed by atoms with Crippen LogP contribution in [0.4, 0.5) is 0 Å². The first-order valence-electron chi connectivity index (χ1n) is 12.4. The Morgan fingerprint density at radius 1 is 1.10 bits per heavy atom. The van der Waals surface area contributed by atoms with Gasteiger partial charge in [-0.1, -0.05) is 39.0 Å². The lowest BCUT2D eigenvalue weighted by atomic mass is 10.1. The number of piperidine rings is 1. The topological polar surface area (TPSA) is 26.6 Å². The van der Waals surface area contributed by atoms with Crippen molar-refractivity contribution in [2.75, 3.05) is 32.6 Å². The van der Waals surface area contributed by atoms with Gasteiger partial charge in [-0.25, -0.2) is 0 Å². The van der Waals surface area contributed by atoms with Crippen LogP contribution in [-0.2, 0) is 17.8 Å². The standard InChI is InChI=1S/C26H40N2O2S/c1-3-4-5-6-7-8-14-28-21-22(24-11-10-23(29-2)19-25(24)28)20-27-15-12-26(13-16-27)30-17-9-18-31-26/h10-11,19,21H,3-9,12-18,20H2,1-2H3. The predicted molar refractivity (Wildman–Crippen MR) is 132 cm³/mol. The summed E-state index contributed by atoms with van der Waals surface area (Å²) in [6.45, 7) is 7.63. The zero-order valence-corrected chi connectivity index (χ0v) is 20.4. The minimum Gasteiger partial charge on any atom is -0.497 e. The highest BCUT2D eigenvalue weighted by Crippen LogP contribution is 2.41. The summed E-state index contributed by atoms with van der Waals surface area (Å²) >= 11 is 2.05. The Kier molecular flexibility index (Phi) is 8.24. The van der Waals surface area contributed by atoms with Crippen LogP contribution in [-0.4, -0.2) is 47.0 Å². The molecule has 0 atom stereocenters. The molecule has 0 radical (unpaired) electrons. The molecule has 2 aromatic rings. The number of hydrogen-bond acceptors (Lipinski definition) is 4. The van der Waals surface area contributed by atoms with Gasteiger partial charge in [-0.15, -0.1) is 11.8 Å². The number of ether oxygens (including phenoxy) is 2. The number of thioether (sulfide) groups is 1. The van der Waals surface area contributed by atoms with Crippen LogP contribution in [0.3, 0.4) is 0 Å². The first-order chi connectivity index (χ1) is 15.2. The second kappa shape index (κ2) is 11.1. The Bertz CT molecular complexity index is 818. The SMILES string of the molecule is CCCCCCCCn1cc(CN2CCC3(CC2)OCCCS3)c2ccc(OC)cc21. The van der Waals surface area contributed by atoms with Crippen LogP contribution in [0.15, 0.2) is 24.4 Å². The Hall–Kier alpha value is -1.17. The molecular weight excluding hydrogens is 404 g/mol. The van der Waals surface area contributed by atoms with Crippen molar-refractivity contribution in [2.45, 2.75) is 82.7 Å². The molecule has 5 heteroatoms. The summed E-state index contributed by atoms with van der Waals surface area (Å²) in [4.78, 5) is 2.73. The molecule has 2 saturated heterocycles. The van der Waals surface area contributed by atoms with Gasteiger partial charge in [0, 0.05) is 50.4 Å². The average Bonchev–Trinajstić information content (AvgIpc) is 3.15. The minimum atomic E-state index is 0.105. The lowest BCUT2D eigenvalue weighted by Crippen LogP contribution is -2.45. The summed E-state index contributed by atoms with van der Waals surface area (Å²) in [5.74, 6) is 2.21. The number of methoxy groups -OCH3 is 1. The van der Waals surface area contributed by atoms with E-state index in [4.69, 9.17) is 9.47 Å². The summed E-state index contributed by atoms with van der Waals surface area (Å²) in [7, 11) is 1.76. The third-order valence-electron chi connectivity index (χ3n) is 6.96. The normalized spacial score (nSPS) is 19.3. The fraction of sp³-hybridized carbons (Fsp3) is 0.692. The Labute approximate surface area is 192 Å². The maximum absolute atomic E-state index is 6.20. The molecule has 0 N–H and O–H groups in total. The van der Waals surface area contributed by atoms with E-state index in [1.54, 1.807) is 7.11 Å². The molecule has 1 aromatic heterocycles. The van der Waals surface area contributed by atoms with E-state index in [0.29, 0.717) is 0 Å². The zero-order valence-electron chi connectivity index (χ0n) is 19.5.